The number of aryl methyl sites for hydroxylation is 1. The van der Waals surface area contributed by atoms with E-state index in [9.17, 15) is 9.90 Å². The Morgan fingerprint density at radius 1 is 1.56 bits per heavy atom. The van der Waals surface area contributed by atoms with Gasteiger partial charge in [-0.2, -0.15) is 0 Å². The summed E-state index contributed by atoms with van der Waals surface area (Å²) in [5.74, 6) is 0.703. The number of fused-ring (bicyclic) bond motifs is 1. The first-order chi connectivity index (χ1) is 7.65. The lowest BCUT2D eigenvalue weighted by Gasteiger charge is -2.20. The van der Waals surface area contributed by atoms with E-state index in [1.807, 2.05) is 0 Å². The summed E-state index contributed by atoms with van der Waals surface area (Å²) in [5.41, 5.74) is 5.20. The van der Waals surface area contributed by atoms with Crippen molar-refractivity contribution < 1.29 is 5.11 Å². The lowest BCUT2D eigenvalue weighted by Crippen LogP contribution is -2.33. The number of nitrogens with two attached hydrogens (primary N) is 1. The summed E-state index contributed by atoms with van der Waals surface area (Å²) in [6.07, 6.45) is 1.69. The van der Waals surface area contributed by atoms with Crippen molar-refractivity contribution in [3.8, 4) is 0 Å². The second kappa shape index (κ2) is 4.53. The van der Waals surface area contributed by atoms with E-state index in [0.29, 0.717) is 12.4 Å². The number of aromatic nitrogens is 2. The molecule has 0 spiro atoms. The first kappa shape index (κ1) is 11.6. The maximum absolute atomic E-state index is 12.1. The van der Waals surface area contributed by atoms with Crippen LogP contribution in [0.15, 0.2) is 4.79 Å². The topological polar surface area (TPSA) is 81.1 Å². The summed E-state index contributed by atoms with van der Waals surface area (Å²) in [7, 11) is 0. The molecule has 16 heavy (non-hydrogen) atoms. The van der Waals surface area contributed by atoms with Crippen molar-refractivity contribution in [3.05, 3.63) is 26.9 Å². The normalized spacial score (nSPS) is 16.9. The van der Waals surface area contributed by atoms with E-state index in [1.165, 1.54) is 0 Å². The Hall–Kier alpha value is -0.910. The van der Waals surface area contributed by atoms with Crippen LogP contribution in [0.2, 0.25) is 5.15 Å². The summed E-state index contributed by atoms with van der Waals surface area (Å²) in [6, 6.07) is 0. The molecule has 1 aliphatic rings. The summed E-state index contributed by atoms with van der Waals surface area (Å²) in [5, 5.41) is 9.71. The van der Waals surface area contributed by atoms with Crippen LogP contribution in [0.4, 0.5) is 0 Å². The van der Waals surface area contributed by atoms with E-state index in [2.05, 4.69) is 4.98 Å². The van der Waals surface area contributed by atoms with Gasteiger partial charge in [0.25, 0.3) is 5.56 Å². The van der Waals surface area contributed by atoms with Gasteiger partial charge in [-0.05, 0) is 12.8 Å². The first-order valence-corrected chi connectivity index (χ1v) is 5.70. The van der Waals surface area contributed by atoms with E-state index in [0.717, 1.165) is 19.3 Å². The van der Waals surface area contributed by atoms with Crippen LogP contribution in [0.5, 0.6) is 0 Å². The fraction of sp³-hybridized carbons (Fsp3) is 0.600. The molecular weight excluding hydrogens is 230 g/mol. The van der Waals surface area contributed by atoms with E-state index < -0.39 is 6.10 Å². The predicted molar refractivity (Wildman–Crippen MR) is 60.5 cm³/mol. The van der Waals surface area contributed by atoms with Gasteiger partial charge in [0.05, 0.1) is 11.7 Å². The molecule has 1 aliphatic heterocycles. The predicted octanol–water partition coefficient (Wildman–Crippen LogP) is 0.225. The Bertz CT molecular complexity index is 458. The van der Waals surface area contributed by atoms with Gasteiger partial charge in [0.15, 0.2) is 0 Å². The van der Waals surface area contributed by atoms with Crippen LogP contribution in [-0.2, 0) is 13.0 Å². The van der Waals surface area contributed by atoms with Crippen LogP contribution >= 0.6 is 11.6 Å². The van der Waals surface area contributed by atoms with Crippen LogP contribution in [0.3, 0.4) is 0 Å². The maximum Gasteiger partial charge on any atom is 0.260 e. The highest BCUT2D eigenvalue weighted by Crippen LogP contribution is 2.19. The molecular formula is C10H14ClN3O2. The van der Waals surface area contributed by atoms with Gasteiger partial charge in [-0.1, -0.05) is 11.6 Å². The van der Waals surface area contributed by atoms with Crippen molar-refractivity contribution in [2.45, 2.75) is 31.9 Å². The fourth-order valence-corrected chi connectivity index (χ4v) is 2.26. The highest BCUT2D eigenvalue weighted by atomic mass is 35.5. The van der Waals surface area contributed by atoms with Crippen LogP contribution in [0.25, 0.3) is 0 Å². The average molecular weight is 244 g/mol. The van der Waals surface area contributed by atoms with Gasteiger partial charge in [0.2, 0.25) is 0 Å². The molecule has 2 rings (SSSR count). The van der Waals surface area contributed by atoms with Gasteiger partial charge < -0.3 is 10.8 Å². The van der Waals surface area contributed by atoms with E-state index in [1.54, 1.807) is 4.57 Å². The molecule has 1 atom stereocenters. The summed E-state index contributed by atoms with van der Waals surface area (Å²) in [6.45, 7) is 0.610. The van der Waals surface area contributed by atoms with Gasteiger partial charge in [0, 0.05) is 19.5 Å². The maximum atomic E-state index is 12.1. The highest BCUT2D eigenvalue weighted by molar-refractivity contribution is 6.30. The zero-order chi connectivity index (χ0) is 11.7. The number of aliphatic hydroxyl groups is 1. The van der Waals surface area contributed by atoms with Crippen LogP contribution < -0.4 is 11.3 Å². The van der Waals surface area contributed by atoms with Gasteiger partial charge in [-0.3, -0.25) is 9.36 Å². The standard InChI is InChI=1S/C10H14ClN3O2/c11-9-8(6(15)5-12)10(16)14-4-2-1-3-7(14)13-9/h6,15H,1-5,12H2. The Kier molecular flexibility index (Phi) is 3.28. The van der Waals surface area contributed by atoms with Crippen LogP contribution in [0.1, 0.15) is 30.3 Å². The Morgan fingerprint density at radius 3 is 3.00 bits per heavy atom. The van der Waals surface area contributed by atoms with Crippen molar-refractivity contribution in [2.24, 2.45) is 5.73 Å². The molecule has 0 saturated heterocycles. The first-order valence-electron chi connectivity index (χ1n) is 5.32. The monoisotopic (exact) mass is 243 g/mol. The minimum atomic E-state index is -1.03. The third kappa shape index (κ3) is 1.86. The molecule has 0 fully saturated rings. The summed E-state index contributed by atoms with van der Waals surface area (Å²) < 4.78 is 1.59. The SMILES string of the molecule is NCC(O)c1c(Cl)nc2n(c1=O)CCCC2. The van der Waals surface area contributed by atoms with Gasteiger partial charge in [-0.15, -0.1) is 0 Å². The largest absolute Gasteiger partial charge is 0.387 e. The minimum absolute atomic E-state index is 0.0318. The molecule has 1 unspecified atom stereocenters. The quantitative estimate of drug-likeness (QED) is 0.729. The summed E-state index contributed by atoms with van der Waals surface area (Å²) in [4.78, 5) is 16.2. The lowest BCUT2D eigenvalue weighted by molar-refractivity contribution is 0.183. The van der Waals surface area contributed by atoms with Crippen molar-refractivity contribution in [2.75, 3.05) is 6.54 Å². The molecule has 6 heteroatoms. The number of aliphatic hydroxyl groups excluding tert-OH is 1. The van der Waals surface area contributed by atoms with Crippen LogP contribution in [-0.4, -0.2) is 21.2 Å². The molecule has 3 N–H and O–H groups in total. The fourth-order valence-electron chi connectivity index (χ4n) is 1.96. The van der Waals surface area contributed by atoms with Crippen molar-refractivity contribution in [3.63, 3.8) is 0 Å². The average Bonchev–Trinajstić information content (AvgIpc) is 2.28. The second-order valence-electron chi connectivity index (χ2n) is 3.90. The number of hydrogen-bond acceptors (Lipinski definition) is 4. The summed E-state index contributed by atoms with van der Waals surface area (Å²) >= 11 is 5.90. The van der Waals surface area contributed by atoms with Gasteiger partial charge in [0.1, 0.15) is 11.0 Å². The molecule has 0 aliphatic carbocycles. The third-order valence-electron chi connectivity index (χ3n) is 2.83. The lowest BCUT2D eigenvalue weighted by atomic mass is 10.1. The molecule has 1 aromatic heterocycles. The number of halogens is 1. The molecule has 0 bridgehead atoms. The molecule has 5 nitrogen and oxygen atoms in total. The third-order valence-corrected chi connectivity index (χ3v) is 3.11. The van der Waals surface area contributed by atoms with Gasteiger partial charge in [-0.25, -0.2) is 4.98 Å². The minimum Gasteiger partial charge on any atom is -0.387 e. The van der Waals surface area contributed by atoms with Crippen molar-refractivity contribution in [1.29, 1.82) is 0 Å². The van der Waals surface area contributed by atoms with Crippen molar-refractivity contribution >= 4 is 11.6 Å². The Morgan fingerprint density at radius 2 is 2.31 bits per heavy atom. The molecule has 0 radical (unpaired) electrons. The smallest absolute Gasteiger partial charge is 0.260 e. The van der Waals surface area contributed by atoms with E-state index in [-0.39, 0.29) is 22.8 Å². The second-order valence-corrected chi connectivity index (χ2v) is 4.26. The van der Waals surface area contributed by atoms with E-state index >= 15 is 0 Å². The zero-order valence-corrected chi connectivity index (χ0v) is 9.57. The Balaban J connectivity index is 2.59. The van der Waals surface area contributed by atoms with Crippen LogP contribution in [0, 0.1) is 0 Å². The van der Waals surface area contributed by atoms with Gasteiger partial charge >= 0.3 is 0 Å². The molecule has 2 heterocycles. The van der Waals surface area contributed by atoms with Crippen molar-refractivity contribution in [1.82, 2.24) is 9.55 Å². The highest BCUT2D eigenvalue weighted by Gasteiger charge is 2.21. The molecule has 0 saturated carbocycles. The molecule has 88 valence electrons. The number of hydrogen-bond donors (Lipinski definition) is 2. The number of nitrogens with zero attached hydrogens (tertiary/aromatic N) is 2. The molecule has 0 amide bonds. The zero-order valence-electron chi connectivity index (χ0n) is 8.82. The molecule has 1 aromatic rings. The van der Waals surface area contributed by atoms with E-state index in [4.69, 9.17) is 17.3 Å². The number of rotatable bonds is 2. The Labute approximate surface area is 97.9 Å². The molecule has 0 aromatic carbocycles.